The Bertz CT molecular complexity index is 1040. The maximum Gasteiger partial charge on any atom is 0.248 e. The first kappa shape index (κ1) is 28.2. The molecule has 1 fully saturated rings. The fourth-order valence-electron chi connectivity index (χ4n) is 4.41. The fourth-order valence-corrected chi connectivity index (χ4v) is 4.41. The summed E-state index contributed by atoms with van der Waals surface area (Å²) in [6, 6.07) is 15.3. The Morgan fingerprint density at radius 2 is 1.89 bits per heavy atom. The number of phenolic OH excluding ortho intramolecular Hbond substituents is 1. The number of likely N-dealkylation sites (N-methyl/N-ethyl adjacent to an activating group) is 1. The number of amides is 2. The van der Waals surface area contributed by atoms with Gasteiger partial charge in [-0.15, -0.1) is 0 Å². The SMILES string of the molecule is CCN(CC)C(=O)COC1CN(CC=Cc2ccc(O)c(OC)c2)CC(=O)N(CCc2ccccc2)C1. The van der Waals surface area contributed by atoms with Gasteiger partial charge in [0.1, 0.15) is 6.61 Å². The van der Waals surface area contributed by atoms with Crippen LogP contribution in [0.5, 0.6) is 11.5 Å². The van der Waals surface area contributed by atoms with E-state index >= 15 is 0 Å². The predicted octanol–water partition coefficient (Wildman–Crippen LogP) is 3.05. The van der Waals surface area contributed by atoms with Gasteiger partial charge in [-0.25, -0.2) is 0 Å². The zero-order chi connectivity index (χ0) is 26.6. The maximum atomic E-state index is 13.2. The standard InChI is InChI=1S/C29H39N3O5/c1-4-31(5-2)29(35)22-37-25-19-30(16-9-12-24-13-14-26(33)27(18-24)36-3)21-28(34)32(20-25)17-15-23-10-7-6-8-11-23/h6-14,18,25,33H,4-5,15-17,19-22H2,1-3H3. The van der Waals surface area contributed by atoms with Gasteiger partial charge in [-0.1, -0.05) is 48.6 Å². The summed E-state index contributed by atoms with van der Waals surface area (Å²) in [5.74, 6) is 0.515. The molecule has 2 amide bonds. The van der Waals surface area contributed by atoms with Gasteiger partial charge in [0.25, 0.3) is 0 Å². The van der Waals surface area contributed by atoms with Crippen LogP contribution < -0.4 is 4.74 Å². The number of aromatic hydroxyl groups is 1. The van der Waals surface area contributed by atoms with E-state index in [0.29, 0.717) is 45.0 Å². The molecule has 0 aliphatic carbocycles. The van der Waals surface area contributed by atoms with Crippen molar-refractivity contribution in [3.8, 4) is 11.5 Å². The smallest absolute Gasteiger partial charge is 0.248 e. The average molecular weight is 510 g/mol. The number of methoxy groups -OCH3 is 1. The number of benzene rings is 2. The van der Waals surface area contributed by atoms with Gasteiger partial charge in [0.2, 0.25) is 11.8 Å². The van der Waals surface area contributed by atoms with Crippen LogP contribution in [0.25, 0.3) is 6.08 Å². The van der Waals surface area contributed by atoms with Gasteiger partial charge in [0, 0.05) is 39.3 Å². The molecule has 1 aliphatic heterocycles. The highest BCUT2D eigenvalue weighted by molar-refractivity contribution is 5.79. The van der Waals surface area contributed by atoms with Gasteiger partial charge in [0.15, 0.2) is 11.5 Å². The van der Waals surface area contributed by atoms with Gasteiger partial charge in [-0.05, 0) is 43.5 Å². The predicted molar refractivity (Wildman–Crippen MR) is 145 cm³/mol. The second kappa shape index (κ2) is 14.4. The maximum absolute atomic E-state index is 13.2. The topological polar surface area (TPSA) is 82.5 Å². The number of hydrogen-bond acceptors (Lipinski definition) is 6. The summed E-state index contributed by atoms with van der Waals surface area (Å²) in [6.45, 7) is 7.62. The molecule has 37 heavy (non-hydrogen) atoms. The lowest BCUT2D eigenvalue weighted by atomic mass is 10.1. The molecule has 1 N–H and O–H groups in total. The van der Waals surface area contributed by atoms with Gasteiger partial charge in [-0.3, -0.25) is 14.5 Å². The Kier molecular flexibility index (Phi) is 11.0. The second-order valence-corrected chi connectivity index (χ2v) is 9.10. The number of nitrogens with zero attached hydrogens (tertiary/aromatic N) is 3. The van der Waals surface area contributed by atoms with Crippen LogP contribution in [0.2, 0.25) is 0 Å². The Balaban J connectivity index is 1.67. The Hall–Kier alpha value is -3.36. The summed E-state index contributed by atoms with van der Waals surface area (Å²) in [7, 11) is 1.51. The van der Waals surface area contributed by atoms with Crippen LogP contribution in [0.15, 0.2) is 54.6 Å². The summed E-state index contributed by atoms with van der Waals surface area (Å²) in [5.41, 5.74) is 2.07. The third-order valence-electron chi connectivity index (χ3n) is 6.55. The Labute approximate surface area is 220 Å². The highest BCUT2D eigenvalue weighted by Gasteiger charge is 2.28. The zero-order valence-electron chi connectivity index (χ0n) is 22.1. The van der Waals surface area contributed by atoms with E-state index in [9.17, 15) is 14.7 Å². The van der Waals surface area contributed by atoms with Crippen LogP contribution in [0.1, 0.15) is 25.0 Å². The summed E-state index contributed by atoms with van der Waals surface area (Å²) >= 11 is 0. The first-order chi connectivity index (χ1) is 17.9. The lowest BCUT2D eigenvalue weighted by Gasteiger charge is -2.26. The molecular weight excluding hydrogens is 470 g/mol. The van der Waals surface area contributed by atoms with Crippen LogP contribution in [0, 0.1) is 0 Å². The quantitative estimate of drug-likeness (QED) is 0.474. The lowest BCUT2D eigenvalue weighted by Crippen LogP contribution is -2.41. The van der Waals surface area contributed by atoms with Crippen molar-refractivity contribution in [1.29, 1.82) is 0 Å². The van der Waals surface area contributed by atoms with Gasteiger partial charge in [-0.2, -0.15) is 0 Å². The van der Waals surface area contributed by atoms with Gasteiger partial charge >= 0.3 is 0 Å². The minimum absolute atomic E-state index is 0.00401. The molecule has 1 saturated heterocycles. The third-order valence-corrected chi connectivity index (χ3v) is 6.55. The summed E-state index contributed by atoms with van der Waals surface area (Å²) in [6.07, 6.45) is 4.41. The summed E-state index contributed by atoms with van der Waals surface area (Å²) < 4.78 is 11.3. The van der Waals surface area contributed by atoms with Crippen LogP contribution in [-0.4, -0.2) is 97.3 Å². The van der Waals surface area contributed by atoms with Crippen molar-refractivity contribution in [2.45, 2.75) is 26.4 Å². The van der Waals surface area contributed by atoms with Crippen molar-refractivity contribution in [2.24, 2.45) is 0 Å². The lowest BCUT2D eigenvalue weighted by molar-refractivity contribution is -0.138. The number of carbonyl (C=O) groups is 2. The molecule has 3 rings (SSSR count). The molecule has 1 heterocycles. The van der Waals surface area contributed by atoms with E-state index in [1.807, 2.05) is 54.0 Å². The Morgan fingerprint density at radius 1 is 1.14 bits per heavy atom. The molecule has 2 aromatic carbocycles. The molecular formula is C29H39N3O5. The van der Waals surface area contributed by atoms with Crippen LogP contribution in [0.3, 0.4) is 0 Å². The fraction of sp³-hybridized carbons (Fsp3) is 0.448. The van der Waals surface area contributed by atoms with E-state index in [2.05, 4.69) is 12.1 Å². The third kappa shape index (κ3) is 8.61. The highest BCUT2D eigenvalue weighted by Crippen LogP contribution is 2.26. The highest BCUT2D eigenvalue weighted by atomic mass is 16.5. The van der Waals surface area contributed by atoms with E-state index in [1.54, 1.807) is 23.1 Å². The van der Waals surface area contributed by atoms with E-state index < -0.39 is 0 Å². The summed E-state index contributed by atoms with van der Waals surface area (Å²) in [4.78, 5) is 31.4. The van der Waals surface area contributed by atoms with Crippen molar-refractivity contribution < 1.29 is 24.2 Å². The van der Waals surface area contributed by atoms with Crippen molar-refractivity contribution in [3.05, 3.63) is 65.7 Å². The van der Waals surface area contributed by atoms with Crippen molar-refractivity contribution in [2.75, 3.05) is 59.5 Å². The number of rotatable bonds is 12. The molecule has 0 saturated carbocycles. The molecule has 0 spiro atoms. The van der Waals surface area contributed by atoms with Crippen LogP contribution >= 0.6 is 0 Å². The monoisotopic (exact) mass is 509 g/mol. The van der Waals surface area contributed by atoms with E-state index in [1.165, 1.54) is 12.7 Å². The van der Waals surface area contributed by atoms with E-state index in [4.69, 9.17) is 9.47 Å². The normalized spacial score (nSPS) is 16.7. The molecule has 0 aromatic heterocycles. The molecule has 1 atom stereocenters. The van der Waals surface area contributed by atoms with Crippen LogP contribution in [-0.2, 0) is 20.7 Å². The second-order valence-electron chi connectivity index (χ2n) is 9.10. The minimum atomic E-state index is -0.274. The van der Waals surface area contributed by atoms with Gasteiger partial charge in [0.05, 0.1) is 19.8 Å². The number of phenols is 1. The molecule has 2 aromatic rings. The number of hydrogen-bond donors (Lipinski definition) is 1. The van der Waals surface area contributed by atoms with Crippen molar-refractivity contribution in [1.82, 2.24) is 14.7 Å². The average Bonchev–Trinajstić information content (AvgIpc) is 3.06. The molecule has 8 nitrogen and oxygen atoms in total. The van der Waals surface area contributed by atoms with Crippen molar-refractivity contribution in [3.63, 3.8) is 0 Å². The van der Waals surface area contributed by atoms with E-state index in [-0.39, 0.29) is 36.8 Å². The molecule has 200 valence electrons. The minimum Gasteiger partial charge on any atom is -0.504 e. The largest absolute Gasteiger partial charge is 0.504 e. The number of ether oxygens (including phenoxy) is 2. The zero-order valence-corrected chi connectivity index (χ0v) is 22.1. The molecule has 0 radical (unpaired) electrons. The first-order valence-corrected chi connectivity index (χ1v) is 12.9. The number of carbonyl (C=O) groups excluding carboxylic acids is 2. The Morgan fingerprint density at radius 3 is 2.59 bits per heavy atom. The van der Waals surface area contributed by atoms with Crippen molar-refractivity contribution >= 4 is 17.9 Å². The summed E-state index contributed by atoms with van der Waals surface area (Å²) in [5, 5.41) is 9.81. The van der Waals surface area contributed by atoms with E-state index in [0.717, 1.165) is 12.0 Å². The molecule has 1 aliphatic rings. The van der Waals surface area contributed by atoms with Crippen LogP contribution in [0.4, 0.5) is 0 Å². The van der Waals surface area contributed by atoms with Gasteiger partial charge < -0.3 is 24.4 Å². The molecule has 1 unspecified atom stereocenters. The molecule has 8 heteroatoms. The first-order valence-electron chi connectivity index (χ1n) is 12.9. The molecule has 0 bridgehead atoms.